The van der Waals surface area contributed by atoms with Crippen LogP contribution in [0.25, 0.3) is 0 Å². The van der Waals surface area contributed by atoms with Crippen LogP contribution >= 0.6 is 27.7 Å². The van der Waals surface area contributed by atoms with Gasteiger partial charge >= 0.3 is 0 Å². The minimum Gasteiger partial charge on any atom is -0.497 e. The standard InChI is InChI=1S/C9H9BrOS/c1-11-8-2-4-9(5-3-8)12-7-6-10/h2-7H,1H3/b7-6+. The van der Waals surface area contributed by atoms with Gasteiger partial charge in [0.25, 0.3) is 0 Å². The van der Waals surface area contributed by atoms with Crippen LogP contribution in [0.2, 0.25) is 0 Å². The highest BCUT2D eigenvalue weighted by Gasteiger charge is 1.91. The third-order valence-electron chi connectivity index (χ3n) is 1.31. The van der Waals surface area contributed by atoms with E-state index in [1.54, 1.807) is 18.9 Å². The summed E-state index contributed by atoms with van der Waals surface area (Å²) >= 11 is 4.87. The minimum absolute atomic E-state index is 0.891. The molecule has 0 atom stereocenters. The van der Waals surface area contributed by atoms with Gasteiger partial charge in [-0.05, 0) is 34.7 Å². The Morgan fingerprint density at radius 3 is 2.50 bits per heavy atom. The Bertz CT molecular complexity index is 256. The second kappa shape index (κ2) is 5.27. The van der Waals surface area contributed by atoms with E-state index < -0.39 is 0 Å². The van der Waals surface area contributed by atoms with Crippen LogP contribution in [0.4, 0.5) is 0 Å². The van der Waals surface area contributed by atoms with E-state index >= 15 is 0 Å². The Balaban J connectivity index is 2.64. The molecule has 0 unspecified atom stereocenters. The fraction of sp³-hybridized carbons (Fsp3) is 0.111. The molecule has 0 aliphatic heterocycles. The van der Waals surface area contributed by atoms with E-state index in [1.165, 1.54) is 4.90 Å². The quantitative estimate of drug-likeness (QED) is 0.751. The van der Waals surface area contributed by atoms with Gasteiger partial charge in [0.05, 0.1) is 7.11 Å². The van der Waals surface area contributed by atoms with Crippen LogP contribution in [0.3, 0.4) is 0 Å². The lowest BCUT2D eigenvalue weighted by Crippen LogP contribution is -1.80. The Hall–Kier alpha value is -0.410. The van der Waals surface area contributed by atoms with Gasteiger partial charge in [-0.15, -0.1) is 0 Å². The number of hydrogen-bond donors (Lipinski definition) is 0. The first-order chi connectivity index (χ1) is 5.86. The van der Waals surface area contributed by atoms with Crippen LogP contribution in [-0.4, -0.2) is 7.11 Å². The minimum atomic E-state index is 0.891. The van der Waals surface area contributed by atoms with Crippen LogP contribution in [0, 0.1) is 0 Å². The molecule has 1 nitrogen and oxygen atoms in total. The van der Waals surface area contributed by atoms with Crippen LogP contribution in [0.1, 0.15) is 0 Å². The van der Waals surface area contributed by atoms with Crippen molar-refractivity contribution in [1.29, 1.82) is 0 Å². The second-order valence-electron chi connectivity index (χ2n) is 2.06. The van der Waals surface area contributed by atoms with Crippen molar-refractivity contribution >= 4 is 27.7 Å². The number of benzene rings is 1. The van der Waals surface area contributed by atoms with E-state index in [0.717, 1.165) is 5.75 Å². The second-order valence-corrected chi connectivity index (χ2v) is 3.56. The van der Waals surface area contributed by atoms with E-state index in [2.05, 4.69) is 15.9 Å². The topological polar surface area (TPSA) is 9.23 Å². The van der Waals surface area contributed by atoms with Crippen molar-refractivity contribution in [2.75, 3.05) is 7.11 Å². The molecular formula is C9H9BrOS. The van der Waals surface area contributed by atoms with Gasteiger partial charge in [-0.3, -0.25) is 0 Å². The maximum absolute atomic E-state index is 5.04. The molecule has 0 aliphatic rings. The lowest BCUT2D eigenvalue weighted by molar-refractivity contribution is 0.414. The molecule has 12 heavy (non-hydrogen) atoms. The number of methoxy groups -OCH3 is 1. The summed E-state index contributed by atoms with van der Waals surface area (Å²) in [6, 6.07) is 7.95. The third kappa shape index (κ3) is 2.91. The summed E-state index contributed by atoms with van der Waals surface area (Å²) in [6.45, 7) is 0. The first kappa shape index (κ1) is 9.68. The van der Waals surface area contributed by atoms with Gasteiger partial charge in [0.2, 0.25) is 0 Å². The first-order valence-corrected chi connectivity index (χ1v) is 5.22. The third-order valence-corrected chi connectivity index (χ3v) is 2.75. The van der Waals surface area contributed by atoms with Crippen LogP contribution < -0.4 is 4.74 Å². The summed E-state index contributed by atoms with van der Waals surface area (Å²) in [5.41, 5.74) is 0. The number of hydrogen-bond acceptors (Lipinski definition) is 2. The SMILES string of the molecule is COc1ccc(S/C=C/Br)cc1. The van der Waals surface area contributed by atoms with Gasteiger partial charge in [-0.25, -0.2) is 0 Å². The Morgan fingerprint density at radius 1 is 1.33 bits per heavy atom. The molecule has 0 N–H and O–H groups in total. The van der Waals surface area contributed by atoms with Gasteiger partial charge in [0.15, 0.2) is 0 Å². The molecule has 0 spiro atoms. The average molecular weight is 245 g/mol. The summed E-state index contributed by atoms with van der Waals surface area (Å²) in [6.07, 6.45) is 0. The van der Waals surface area contributed by atoms with Gasteiger partial charge in [0, 0.05) is 4.90 Å². The summed E-state index contributed by atoms with van der Waals surface area (Å²) < 4.78 is 5.04. The highest BCUT2D eigenvalue weighted by atomic mass is 79.9. The molecule has 0 amide bonds. The highest BCUT2D eigenvalue weighted by molar-refractivity contribution is 9.11. The maximum atomic E-state index is 5.04. The molecule has 0 fully saturated rings. The van der Waals surface area contributed by atoms with Crippen molar-refractivity contribution in [3.05, 3.63) is 34.7 Å². The van der Waals surface area contributed by atoms with Gasteiger partial charge in [0.1, 0.15) is 5.75 Å². The van der Waals surface area contributed by atoms with E-state index in [4.69, 9.17) is 4.74 Å². The molecule has 3 heteroatoms. The zero-order chi connectivity index (χ0) is 8.81. The van der Waals surface area contributed by atoms with E-state index in [1.807, 2.05) is 34.7 Å². The van der Waals surface area contributed by atoms with Crippen LogP contribution in [0.15, 0.2) is 39.6 Å². The highest BCUT2D eigenvalue weighted by Crippen LogP contribution is 2.22. The normalized spacial score (nSPS) is 10.5. The van der Waals surface area contributed by atoms with Crippen molar-refractivity contribution in [2.45, 2.75) is 4.90 Å². The molecule has 64 valence electrons. The maximum Gasteiger partial charge on any atom is 0.118 e. The number of rotatable bonds is 3. The van der Waals surface area contributed by atoms with E-state index in [0.29, 0.717) is 0 Å². The monoisotopic (exact) mass is 244 g/mol. The van der Waals surface area contributed by atoms with Crippen molar-refractivity contribution in [1.82, 2.24) is 0 Å². The predicted octanol–water partition coefficient (Wildman–Crippen LogP) is 3.65. The molecule has 1 rings (SSSR count). The molecule has 0 saturated heterocycles. The van der Waals surface area contributed by atoms with Gasteiger partial charge in [-0.1, -0.05) is 27.7 Å². The summed E-state index contributed by atoms with van der Waals surface area (Å²) in [5.74, 6) is 0.891. The number of halogens is 1. The number of thioether (sulfide) groups is 1. The molecule has 0 heterocycles. The van der Waals surface area contributed by atoms with Gasteiger partial charge in [-0.2, -0.15) is 0 Å². The smallest absolute Gasteiger partial charge is 0.118 e. The van der Waals surface area contributed by atoms with Gasteiger partial charge < -0.3 is 4.74 Å². The molecule has 1 aromatic rings. The summed E-state index contributed by atoms with van der Waals surface area (Å²) in [7, 11) is 1.67. The van der Waals surface area contributed by atoms with Crippen molar-refractivity contribution in [2.24, 2.45) is 0 Å². The lowest BCUT2D eigenvalue weighted by Gasteiger charge is -1.99. The molecule has 1 aromatic carbocycles. The average Bonchev–Trinajstić information content (AvgIpc) is 2.15. The van der Waals surface area contributed by atoms with Crippen molar-refractivity contribution in [3.63, 3.8) is 0 Å². The predicted molar refractivity (Wildman–Crippen MR) is 56.9 cm³/mol. The van der Waals surface area contributed by atoms with Crippen LogP contribution in [0.5, 0.6) is 5.75 Å². The molecule has 0 saturated carbocycles. The first-order valence-electron chi connectivity index (χ1n) is 3.43. The molecule has 0 bridgehead atoms. The Morgan fingerprint density at radius 2 is 2.00 bits per heavy atom. The molecule has 0 aliphatic carbocycles. The fourth-order valence-corrected chi connectivity index (χ4v) is 1.58. The van der Waals surface area contributed by atoms with Crippen LogP contribution in [-0.2, 0) is 0 Å². The largest absolute Gasteiger partial charge is 0.497 e. The van der Waals surface area contributed by atoms with E-state index in [9.17, 15) is 0 Å². The summed E-state index contributed by atoms with van der Waals surface area (Å²) in [5, 5.41) is 1.97. The fourth-order valence-electron chi connectivity index (χ4n) is 0.759. The molecule has 0 aromatic heterocycles. The Kier molecular flexibility index (Phi) is 4.25. The van der Waals surface area contributed by atoms with E-state index in [-0.39, 0.29) is 0 Å². The summed E-state index contributed by atoms with van der Waals surface area (Å²) in [4.78, 5) is 3.04. The molecular weight excluding hydrogens is 236 g/mol. The van der Waals surface area contributed by atoms with Crippen molar-refractivity contribution in [3.8, 4) is 5.75 Å². The van der Waals surface area contributed by atoms with Crippen molar-refractivity contribution < 1.29 is 4.74 Å². The lowest BCUT2D eigenvalue weighted by atomic mass is 10.3. The zero-order valence-corrected chi connectivity index (χ0v) is 9.06. The molecule has 0 radical (unpaired) electrons. The Labute approximate surface area is 84.9 Å². The number of ether oxygens (including phenoxy) is 1. The zero-order valence-electron chi connectivity index (χ0n) is 6.66.